The normalized spacial score (nSPS) is 14.4. The number of anilines is 2. The van der Waals surface area contributed by atoms with Crippen molar-refractivity contribution in [1.29, 1.82) is 0 Å². The molecule has 154 valence electrons. The van der Waals surface area contributed by atoms with Gasteiger partial charge in [0.2, 0.25) is 5.91 Å². The average molecular weight is 406 g/mol. The third kappa shape index (κ3) is 4.74. The third-order valence-corrected chi connectivity index (χ3v) is 5.13. The van der Waals surface area contributed by atoms with E-state index < -0.39 is 0 Å². The van der Waals surface area contributed by atoms with E-state index in [9.17, 15) is 9.18 Å². The van der Waals surface area contributed by atoms with Crippen LogP contribution in [0.4, 0.5) is 15.9 Å². The lowest BCUT2D eigenvalue weighted by atomic mass is 9.96. The number of hydrogen-bond donors (Lipinski definition) is 1. The number of benzene rings is 2. The fraction of sp³-hybridized carbons (Fsp3) is 0.261. The van der Waals surface area contributed by atoms with Crippen molar-refractivity contribution in [2.75, 3.05) is 23.3 Å². The second kappa shape index (κ2) is 8.90. The molecular weight excluding hydrogens is 383 g/mol. The molecular formula is C23H23FN4O2. The second-order valence-corrected chi connectivity index (χ2v) is 7.36. The molecule has 6 nitrogen and oxygen atoms in total. The summed E-state index contributed by atoms with van der Waals surface area (Å²) in [7, 11) is 0. The number of rotatable bonds is 5. The summed E-state index contributed by atoms with van der Waals surface area (Å²) in [5, 5.41) is 2.87. The van der Waals surface area contributed by atoms with E-state index in [1.807, 2.05) is 31.2 Å². The van der Waals surface area contributed by atoms with Gasteiger partial charge in [-0.25, -0.2) is 14.4 Å². The van der Waals surface area contributed by atoms with Gasteiger partial charge in [-0.3, -0.25) is 4.79 Å². The Kier molecular flexibility index (Phi) is 5.88. The lowest BCUT2D eigenvalue weighted by molar-refractivity contribution is -0.120. The molecule has 1 aliphatic rings. The van der Waals surface area contributed by atoms with Gasteiger partial charge in [0.25, 0.3) is 5.88 Å². The smallest absolute Gasteiger partial charge is 0.263 e. The maximum atomic E-state index is 13.0. The van der Waals surface area contributed by atoms with E-state index in [1.54, 1.807) is 24.5 Å². The number of ether oxygens (including phenoxy) is 1. The van der Waals surface area contributed by atoms with E-state index in [1.165, 1.54) is 12.1 Å². The van der Waals surface area contributed by atoms with Crippen LogP contribution in [0, 0.1) is 18.7 Å². The van der Waals surface area contributed by atoms with E-state index in [0.29, 0.717) is 49.1 Å². The molecule has 1 fully saturated rings. The summed E-state index contributed by atoms with van der Waals surface area (Å²) < 4.78 is 19.0. The fourth-order valence-corrected chi connectivity index (χ4v) is 3.53. The van der Waals surface area contributed by atoms with Crippen LogP contribution in [0.1, 0.15) is 18.4 Å². The van der Waals surface area contributed by atoms with Crippen molar-refractivity contribution in [3.63, 3.8) is 0 Å². The Balaban J connectivity index is 1.39. The van der Waals surface area contributed by atoms with E-state index in [0.717, 1.165) is 5.56 Å². The molecule has 4 rings (SSSR count). The number of piperidine rings is 1. The van der Waals surface area contributed by atoms with Crippen molar-refractivity contribution in [2.24, 2.45) is 5.92 Å². The van der Waals surface area contributed by atoms with Crippen LogP contribution < -0.4 is 15.0 Å². The highest BCUT2D eigenvalue weighted by atomic mass is 19.1. The number of halogens is 1. The Hall–Kier alpha value is -3.48. The first kappa shape index (κ1) is 19.8. The van der Waals surface area contributed by atoms with Crippen molar-refractivity contribution in [3.05, 3.63) is 72.3 Å². The Bertz CT molecular complexity index is 1020. The van der Waals surface area contributed by atoms with E-state index in [-0.39, 0.29) is 17.6 Å². The van der Waals surface area contributed by atoms with Gasteiger partial charge in [-0.15, -0.1) is 0 Å². The van der Waals surface area contributed by atoms with Crippen molar-refractivity contribution in [1.82, 2.24) is 9.97 Å². The molecule has 1 N–H and O–H groups in total. The van der Waals surface area contributed by atoms with Gasteiger partial charge in [-0.2, -0.15) is 0 Å². The molecule has 0 bridgehead atoms. The van der Waals surface area contributed by atoms with Crippen LogP contribution in [0.25, 0.3) is 0 Å². The van der Waals surface area contributed by atoms with Crippen LogP contribution in [-0.4, -0.2) is 29.0 Å². The minimum absolute atomic E-state index is 0.0448. The minimum atomic E-state index is -0.325. The molecule has 2 heterocycles. The quantitative estimate of drug-likeness (QED) is 0.672. The van der Waals surface area contributed by atoms with E-state index >= 15 is 0 Å². The predicted octanol–water partition coefficient (Wildman–Crippen LogP) is 4.57. The van der Waals surface area contributed by atoms with E-state index in [2.05, 4.69) is 20.2 Å². The zero-order valence-corrected chi connectivity index (χ0v) is 16.7. The van der Waals surface area contributed by atoms with Gasteiger partial charge in [0.1, 0.15) is 11.6 Å². The highest BCUT2D eigenvalue weighted by Crippen LogP contribution is 2.31. The van der Waals surface area contributed by atoms with Crippen molar-refractivity contribution >= 4 is 17.4 Å². The molecule has 1 aliphatic heterocycles. The van der Waals surface area contributed by atoms with Gasteiger partial charge in [-0.05, 0) is 61.7 Å². The first-order chi connectivity index (χ1) is 14.6. The predicted molar refractivity (Wildman–Crippen MR) is 113 cm³/mol. The van der Waals surface area contributed by atoms with Gasteiger partial charge in [-0.1, -0.05) is 12.1 Å². The van der Waals surface area contributed by atoms with Crippen molar-refractivity contribution in [3.8, 4) is 11.6 Å². The second-order valence-electron chi connectivity index (χ2n) is 7.36. The van der Waals surface area contributed by atoms with Gasteiger partial charge in [0.05, 0.1) is 0 Å². The number of aryl methyl sites for hydroxylation is 1. The molecule has 1 aromatic heterocycles. The molecule has 0 radical (unpaired) electrons. The van der Waals surface area contributed by atoms with Gasteiger partial charge in [0, 0.05) is 37.1 Å². The average Bonchev–Trinajstić information content (AvgIpc) is 2.76. The number of nitrogens with zero attached hydrogens (tertiary/aromatic N) is 3. The molecule has 30 heavy (non-hydrogen) atoms. The van der Waals surface area contributed by atoms with Gasteiger partial charge >= 0.3 is 0 Å². The molecule has 1 saturated heterocycles. The minimum Gasteiger partial charge on any atom is -0.436 e. The summed E-state index contributed by atoms with van der Waals surface area (Å²) in [6.45, 7) is 3.35. The van der Waals surface area contributed by atoms with Crippen LogP contribution >= 0.6 is 0 Å². The molecule has 2 aromatic carbocycles. The topological polar surface area (TPSA) is 67.4 Å². The highest BCUT2D eigenvalue weighted by molar-refractivity contribution is 5.92. The number of carbonyl (C=O) groups is 1. The number of nitrogens with one attached hydrogen (secondary N) is 1. The number of hydrogen-bond acceptors (Lipinski definition) is 5. The molecule has 0 saturated carbocycles. The number of aromatic nitrogens is 2. The van der Waals surface area contributed by atoms with Gasteiger partial charge in [0.15, 0.2) is 5.82 Å². The van der Waals surface area contributed by atoms with E-state index in [4.69, 9.17) is 4.74 Å². The van der Waals surface area contributed by atoms with Crippen molar-refractivity contribution in [2.45, 2.75) is 19.8 Å². The molecule has 7 heteroatoms. The largest absolute Gasteiger partial charge is 0.436 e. The van der Waals surface area contributed by atoms with Crippen LogP contribution in [0.2, 0.25) is 0 Å². The lowest BCUT2D eigenvalue weighted by Gasteiger charge is -2.32. The molecule has 3 aromatic rings. The Morgan fingerprint density at radius 2 is 1.83 bits per heavy atom. The van der Waals surface area contributed by atoms with Crippen LogP contribution in [0.15, 0.2) is 60.9 Å². The monoisotopic (exact) mass is 406 g/mol. The molecule has 0 spiro atoms. The fourth-order valence-electron chi connectivity index (χ4n) is 3.53. The van der Waals surface area contributed by atoms with Gasteiger partial charge < -0.3 is 15.0 Å². The summed E-state index contributed by atoms with van der Waals surface area (Å²) >= 11 is 0. The first-order valence-electron chi connectivity index (χ1n) is 9.95. The Labute approximate surface area is 174 Å². The summed E-state index contributed by atoms with van der Waals surface area (Å²) in [5.74, 6) is 1.37. The zero-order chi connectivity index (χ0) is 20.9. The SMILES string of the molecule is Cc1cccc(Oc2nccnc2N2CCC(C(=O)Nc3ccc(F)cc3)CC2)c1. The zero-order valence-electron chi connectivity index (χ0n) is 16.7. The van der Waals surface area contributed by atoms with Crippen molar-refractivity contribution < 1.29 is 13.9 Å². The number of carbonyl (C=O) groups excluding carboxylic acids is 1. The Morgan fingerprint density at radius 1 is 1.10 bits per heavy atom. The third-order valence-electron chi connectivity index (χ3n) is 5.13. The molecule has 0 atom stereocenters. The Morgan fingerprint density at radius 3 is 2.57 bits per heavy atom. The van der Waals surface area contributed by atoms with Crippen LogP contribution in [0.5, 0.6) is 11.6 Å². The maximum Gasteiger partial charge on any atom is 0.263 e. The summed E-state index contributed by atoms with van der Waals surface area (Å²) in [5.41, 5.74) is 1.71. The summed E-state index contributed by atoms with van der Waals surface area (Å²) in [6, 6.07) is 13.6. The summed E-state index contributed by atoms with van der Waals surface area (Å²) in [6.07, 6.45) is 4.63. The first-order valence-corrected chi connectivity index (χ1v) is 9.95. The highest BCUT2D eigenvalue weighted by Gasteiger charge is 2.27. The molecule has 1 amide bonds. The van der Waals surface area contributed by atoms with Crippen LogP contribution in [-0.2, 0) is 4.79 Å². The lowest BCUT2D eigenvalue weighted by Crippen LogP contribution is -2.38. The summed E-state index contributed by atoms with van der Waals surface area (Å²) in [4.78, 5) is 23.5. The number of amides is 1. The molecule has 0 aliphatic carbocycles. The molecule has 0 unspecified atom stereocenters. The standard InChI is InChI=1S/C23H23FN4O2/c1-16-3-2-4-20(15-16)30-23-21(25-11-12-26-23)28-13-9-17(10-14-28)22(29)27-19-7-5-18(24)6-8-19/h2-8,11-12,15,17H,9-10,13-14H2,1H3,(H,27,29). The maximum absolute atomic E-state index is 13.0. The van der Waals surface area contributed by atoms with Crippen LogP contribution in [0.3, 0.4) is 0 Å².